The minimum atomic E-state index is -0.0285. The molecule has 1 aliphatic heterocycles. The number of thiazole rings is 1. The second-order valence-corrected chi connectivity index (χ2v) is 6.42. The van der Waals surface area contributed by atoms with Crippen LogP contribution in [0.3, 0.4) is 0 Å². The number of anilines is 1. The smallest absolute Gasteiger partial charge is 0.187 e. The summed E-state index contributed by atoms with van der Waals surface area (Å²) >= 11 is 7.47. The lowest BCUT2D eigenvalue weighted by Gasteiger charge is -2.35. The quantitative estimate of drug-likeness (QED) is 0.878. The number of rotatable bonds is 5. The van der Waals surface area contributed by atoms with E-state index in [1.165, 1.54) is 11.3 Å². The van der Waals surface area contributed by atoms with Gasteiger partial charge < -0.3 is 14.9 Å². The van der Waals surface area contributed by atoms with Gasteiger partial charge in [-0.15, -0.1) is 0 Å². The highest BCUT2D eigenvalue weighted by atomic mass is 35.5. The first-order valence-corrected chi connectivity index (χ1v) is 7.67. The third-order valence-electron chi connectivity index (χ3n) is 3.29. The number of hydrogen-bond donors (Lipinski definition) is 1. The van der Waals surface area contributed by atoms with Gasteiger partial charge in [-0.3, -0.25) is 4.90 Å². The Morgan fingerprint density at radius 3 is 2.53 bits per heavy atom. The molecule has 1 aromatic rings. The van der Waals surface area contributed by atoms with E-state index in [2.05, 4.69) is 33.8 Å². The number of hydrogen-bond acceptors (Lipinski definition) is 6. The van der Waals surface area contributed by atoms with E-state index in [4.69, 9.17) is 16.7 Å². The molecule has 0 spiro atoms. The summed E-state index contributed by atoms with van der Waals surface area (Å²) < 4.78 is 0. The molecule has 2 rings (SSSR count). The summed E-state index contributed by atoms with van der Waals surface area (Å²) in [5.41, 5.74) is 0. The zero-order valence-corrected chi connectivity index (χ0v) is 13.0. The van der Waals surface area contributed by atoms with Crippen molar-refractivity contribution in [2.75, 3.05) is 58.3 Å². The molecule has 1 saturated heterocycles. The Balaban J connectivity index is 1.85. The molecule has 108 valence electrons. The molecule has 0 aliphatic carbocycles. The van der Waals surface area contributed by atoms with E-state index < -0.39 is 0 Å². The van der Waals surface area contributed by atoms with Crippen LogP contribution in [-0.2, 0) is 6.61 Å². The van der Waals surface area contributed by atoms with Gasteiger partial charge in [0.1, 0.15) is 5.15 Å². The monoisotopic (exact) mass is 304 g/mol. The maximum atomic E-state index is 9.15. The van der Waals surface area contributed by atoms with Crippen LogP contribution >= 0.6 is 22.9 Å². The summed E-state index contributed by atoms with van der Waals surface area (Å²) in [7, 11) is 4.20. The van der Waals surface area contributed by atoms with Gasteiger partial charge in [-0.2, -0.15) is 0 Å². The Morgan fingerprint density at radius 1 is 1.32 bits per heavy atom. The van der Waals surface area contributed by atoms with Gasteiger partial charge in [-0.05, 0) is 14.1 Å². The maximum absolute atomic E-state index is 9.15. The van der Waals surface area contributed by atoms with Gasteiger partial charge in [0.15, 0.2) is 5.13 Å². The van der Waals surface area contributed by atoms with Crippen molar-refractivity contribution >= 4 is 28.1 Å². The minimum absolute atomic E-state index is 0.0285. The van der Waals surface area contributed by atoms with Crippen molar-refractivity contribution in [2.45, 2.75) is 6.61 Å². The van der Waals surface area contributed by atoms with Crippen LogP contribution in [-0.4, -0.2) is 73.3 Å². The number of aromatic nitrogens is 1. The second kappa shape index (κ2) is 6.85. The summed E-state index contributed by atoms with van der Waals surface area (Å²) in [5, 5.41) is 10.5. The lowest BCUT2D eigenvalue weighted by Crippen LogP contribution is -2.48. The van der Waals surface area contributed by atoms with Crippen molar-refractivity contribution in [1.29, 1.82) is 0 Å². The molecule has 0 aromatic carbocycles. The summed E-state index contributed by atoms with van der Waals surface area (Å²) in [6, 6.07) is 0. The molecule has 0 saturated carbocycles. The first-order chi connectivity index (χ1) is 9.10. The molecular weight excluding hydrogens is 284 g/mol. The Kier molecular flexibility index (Phi) is 5.41. The lowest BCUT2D eigenvalue weighted by molar-refractivity contribution is 0.229. The number of aliphatic hydroxyl groups excluding tert-OH is 1. The van der Waals surface area contributed by atoms with Gasteiger partial charge in [0.25, 0.3) is 0 Å². The Labute approximate surface area is 123 Å². The van der Waals surface area contributed by atoms with Crippen molar-refractivity contribution < 1.29 is 5.11 Å². The molecule has 1 fully saturated rings. The summed E-state index contributed by atoms with van der Waals surface area (Å²) in [5.74, 6) is 0. The highest BCUT2D eigenvalue weighted by Crippen LogP contribution is 2.30. The van der Waals surface area contributed by atoms with Gasteiger partial charge in [0, 0.05) is 39.3 Å². The fourth-order valence-corrected chi connectivity index (χ4v) is 3.23. The predicted molar refractivity (Wildman–Crippen MR) is 80.3 cm³/mol. The van der Waals surface area contributed by atoms with E-state index in [0.29, 0.717) is 5.15 Å². The predicted octanol–water partition coefficient (Wildman–Crippen LogP) is 0.972. The molecule has 0 radical (unpaired) electrons. The van der Waals surface area contributed by atoms with Crippen molar-refractivity contribution in [2.24, 2.45) is 0 Å². The SMILES string of the molecule is CN(C)CCN1CCN(c2nc(Cl)c(CO)s2)CC1. The highest BCUT2D eigenvalue weighted by molar-refractivity contribution is 7.16. The number of aliphatic hydroxyl groups is 1. The zero-order chi connectivity index (χ0) is 13.8. The molecule has 5 nitrogen and oxygen atoms in total. The number of nitrogens with zero attached hydrogens (tertiary/aromatic N) is 4. The largest absolute Gasteiger partial charge is 0.391 e. The van der Waals surface area contributed by atoms with Gasteiger partial charge >= 0.3 is 0 Å². The number of likely N-dealkylation sites (N-methyl/N-ethyl adjacent to an activating group) is 1. The van der Waals surface area contributed by atoms with Crippen LogP contribution in [0.4, 0.5) is 5.13 Å². The van der Waals surface area contributed by atoms with Crippen molar-refractivity contribution in [1.82, 2.24) is 14.8 Å². The molecule has 0 atom stereocenters. The topological polar surface area (TPSA) is 42.8 Å². The first-order valence-electron chi connectivity index (χ1n) is 6.48. The number of piperazine rings is 1. The average Bonchev–Trinajstić information content (AvgIpc) is 2.78. The second-order valence-electron chi connectivity index (χ2n) is 5.00. The standard InChI is InChI=1S/C12H21ClN4OS/c1-15(2)3-4-16-5-7-17(8-6-16)12-14-11(13)10(9-18)19-12/h18H,3-9H2,1-2H3. The van der Waals surface area contributed by atoms with E-state index in [9.17, 15) is 0 Å². The van der Waals surface area contributed by atoms with Crippen LogP contribution < -0.4 is 4.90 Å². The minimum Gasteiger partial charge on any atom is -0.391 e. The van der Waals surface area contributed by atoms with Gasteiger partial charge in [-0.1, -0.05) is 22.9 Å². The van der Waals surface area contributed by atoms with Crippen molar-refractivity contribution in [3.05, 3.63) is 10.0 Å². The molecule has 1 N–H and O–H groups in total. The molecule has 1 aromatic heterocycles. The highest BCUT2D eigenvalue weighted by Gasteiger charge is 2.20. The number of halogens is 1. The molecule has 0 unspecified atom stereocenters. The first kappa shape index (κ1) is 15.0. The average molecular weight is 305 g/mol. The third kappa shape index (κ3) is 4.03. The third-order valence-corrected chi connectivity index (χ3v) is 4.81. The Morgan fingerprint density at radius 2 is 2.00 bits per heavy atom. The van der Waals surface area contributed by atoms with Crippen LogP contribution in [0.1, 0.15) is 4.88 Å². The van der Waals surface area contributed by atoms with E-state index in [1.54, 1.807) is 0 Å². The zero-order valence-electron chi connectivity index (χ0n) is 11.5. The molecule has 7 heteroatoms. The van der Waals surface area contributed by atoms with Crippen LogP contribution in [0.2, 0.25) is 5.15 Å². The fourth-order valence-electron chi connectivity index (χ4n) is 2.06. The summed E-state index contributed by atoms with van der Waals surface area (Å²) in [6.45, 7) is 6.24. The van der Waals surface area contributed by atoms with Gasteiger partial charge in [0.2, 0.25) is 0 Å². The van der Waals surface area contributed by atoms with E-state index in [-0.39, 0.29) is 6.61 Å². The summed E-state index contributed by atoms with van der Waals surface area (Å²) in [6.07, 6.45) is 0. The lowest BCUT2D eigenvalue weighted by atomic mass is 10.3. The van der Waals surface area contributed by atoms with Gasteiger partial charge in [0.05, 0.1) is 11.5 Å². The molecule has 1 aliphatic rings. The molecule has 0 bridgehead atoms. The maximum Gasteiger partial charge on any atom is 0.187 e. The van der Waals surface area contributed by atoms with Crippen molar-refractivity contribution in [3.63, 3.8) is 0 Å². The van der Waals surface area contributed by atoms with Crippen LogP contribution in [0.15, 0.2) is 0 Å². The van der Waals surface area contributed by atoms with E-state index in [0.717, 1.165) is 49.3 Å². The van der Waals surface area contributed by atoms with Crippen LogP contribution in [0.25, 0.3) is 0 Å². The summed E-state index contributed by atoms with van der Waals surface area (Å²) in [4.78, 5) is 12.0. The molecule has 2 heterocycles. The van der Waals surface area contributed by atoms with Crippen LogP contribution in [0.5, 0.6) is 0 Å². The molecular formula is C12H21ClN4OS. The van der Waals surface area contributed by atoms with E-state index >= 15 is 0 Å². The fraction of sp³-hybridized carbons (Fsp3) is 0.750. The van der Waals surface area contributed by atoms with E-state index in [1.807, 2.05) is 0 Å². The Hall–Kier alpha value is -0.400. The van der Waals surface area contributed by atoms with Crippen LogP contribution in [0, 0.1) is 0 Å². The van der Waals surface area contributed by atoms with Gasteiger partial charge in [-0.25, -0.2) is 4.98 Å². The Bertz CT molecular complexity index is 404. The normalized spacial score (nSPS) is 17.4. The van der Waals surface area contributed by atoms with Crippen molar-refractivity contribution in [3.8, 4) is 0 Å². The molecule has 0 amide bonds. The molecule has 19 heavy (non-hydrogen) atoms.